The van der Waals surface area contributed by atoms with E-state index in [0.717, 1.165) is 24.2 Å². The lowest BCUT2D eigenvalue weighted by molar-refractivity contribution is 0.102. The number of nitrogens with one attached hydrogen (secondary N) is 1. The Morgan fingerprint density at radius 1 is 1.15 bits per heavy atom. The first kappa shape index (κ1) is 18.1. The van der Waals surface area contributed by atoms with Crippen LogP contribution >= 0.6 is 0 Å². The maximum atomic E-state index is 12.5. The van der Waals surface area contributed by atoms with E-state index in [4.69, 9.17) is 4.74 Å². The van der Waals surface area contributed by atoms with Gasteiger partial charge in [0.25, 0.3) is 5.91 Å². The van der Waals surface area contributed by atoms with E-state index in [-0.39, 0.29) is 12.0 Å². The minimum atomic E-state index is -0.239. The quantitative estimate of drug-likeness (QED) is 0.887. The summed E-state index contributed by atoms with van der Waals surface area (Å²) in [6.45, 7) is 3.71. The molecule has 1 saturated carbocycles. The Labute approximate surface area is 153 Å². The number of hydrogen-bond donors (Lipinski definition) is 1. The first-order valence-corrected chi connectivity index (χ1v) is 8.90. The molecular formula is C19H25N5O2. The number of carbonyl (C=O) groups is 1. The van der Waals surface area contributed by atoms with Gasteiger partial charge in [0, 0.05) is 26.4 Å². The second-order valence-corrected chi connectivity index (χ2v) is 6.83. The molecule has 2 aromatic rings. The smallest absolute Gasteiger partial charge is 0.257 e. The van der Waals surface area contributed by atoms with Crippen LogP contribution in [0.5, 0.6) is 5.88 Å². The van der Waals surface area contributed by atoms with Crippen molar-refractivity contribution in [2.75, 3.05) is 24.3 Å². The largest absolute Gasteiger partial charge is 0.474 e. The minimum absolute atomic E-state index is 0.239. The predicted octanol–water partition coefficient (Wildman–Crippen LogP) is 3.13. The summed E-state index contributed by atoms with van der Waals surface area (Å²) in [5.41, 5.74) is 2.55. The summed E-state index contributed by atoms with van der Waals surface area (Å²) >= 11 is 0. The zero-order valence-corrected chi connectivity index (χ0v) is 15.7. The van der Waals surface area contributed by atoms with Gasteiger partial charge in [-0.3, -0.25) is 4.79 Å². The van der Waals surface area contributed by atoms with Gasteiger partial charge in [-0.25, -0.2) is 15.0 Å². The molecule has 1 aliphatic carbocycles. The highest BCUT2D eigenvalue weighted by Crippen LogP contribution is 2.23. The number of hydrogen-bond acceptors (Lipinski definition) is 6. The molecule has 0 atom stereocenters. The van der Waals surface area contributed by atoms with Gasteiger partial charge >= 0.3 is 0 Å². The van der Waals surface area contributed by atoms with Crippen molar-refractivity contribution in [3.05, 3.63) is 35.3 Å². The second-order valence-electron chi connectivity index (χ2n) is 6.83. The molecule has 0 bridgehead atoms. The van der Waals surface area contributed by atoms with Gasteiger partial charge in [0.15, 0.2) is 0 Å². The molecule has 0 aliphatic heterocycles. The van der Waals surface area contributed by atoms with Gasteiger partial charge in [-0.2, -0.15) is 0 Å². The number of aromatic nitrogens is 3. The average molecular weight is 355 g/mol. The van der Waals surface area contributed by atoms with Gasteiger partial charge in [-0.05, 0) is 45.6 Å². The van der Waals surface area contributed by atoms with Crippen LogP contribution in [0.1, 0.15) is 47.4 Å². The first-order chi connectivity index (χ1) is 12.4. The summed E-state index contributed by atoms with van der Waals surface area (Å²) in [7, 11) is 3.76. The SMILES string of the molecule is Cc1nc(N(C)C)nc(C)c1NC(=O)c1ccc(OC2CCCC2)nc1. The van der Waals surface area contributed by atoms with Crippen molar-refractivity contribution in [3.8, 4) is 5.88 Å². The lowest BCUT2D eigenvalue weighted by atomic mass is 10.2. The van der Waals surface area contributed by atoms with Crippen molar-refractivity contribution in [2.24, 2.45) is 0 Å². The third-order valence-corrected chi connectivity index (χ3v) is 4.49. The molecule has 7 nitrogen and oxygen atoms in total. The van der Waals surface area contributed by atoms with E-state index in [0.29, 0.717) is 23.1 Å². The zero-order valence-electron chi connectivity index (χ0n) is 15.7. The number of rotatable bonds is 5. The standard InChI is InChI=1S/C19H25N5O2/c1-12-17(13(2)22-19(21-12)24(3)4)23-18(25)14-9-10-16(20-11-14)26-15-7-5-6-8-15/h9-11,15H,5-8H2,1-4H3,(H,23,25). The fourth-order valence-electron chi connectivity index (χ4n) is 3.03. The lowest BCUT2D eigenvalue weighted by Crippen LogP contribution is -2.18. The number of amides is 1. The lowest BCUT2D eigenvalue weighted by Gasteiger charge is -2.16. The van der Waals surface area contributed by atoms with E-state index >= 15 is 0 Å². The summed E-state index contributed by atoms with van der Waals surface area (Å²) in [6, 6.07) is 3.48. The van der Waals surface area contributed by atoms with Crippen molar-refractivity contribution in [3.63, 3.8) is 0 Å². The number of anilines is 2. The fraction of sp³-hybridized carbons (Fsp3) is 0.474. The number of pyridine rings is 1. The van der Waals surface area contributed by atoms with Gasteiger partial charge < -0.3 is 15.0 Å². The topological polar surface area (TPSA) is 80.2 Å². The molecule has 0 saturated heterocycles. The molecule has 0 spiro atoms. The molecular weight excluding hydrogens is 330 g/mol. The van der Waals surface area contributed by atoms with Gasteiger partial charge in [-0.15, -0.1) is 0 Å². The molecule has 26 heavy (non-hydrogen) atoms. The molecule has 0 aromatic carbocycles. The Balaban J connectivity index is 1.70. The monoisotopic (exact) mass is 355 g/mol. The van der Waals surface area contributed by atoms with Crippen molar-refractivity contribution >= 4 is 17.5 Å². The van der Waals surface area contributed by atoms with Crippen LogP contribution in [0.4, 0.5) is 11.6 Å². The molecule has 2 heterocycles. The second kappa shape index (κ2) is 7.68. The van der Waals surface area contributed by atoms with Crippen molar-refractivity contribution in [1.29, 1.82) is 0 Å². The highest BCUT2D eigenvalue weighted by Gasteiger charge is 2.18. The van der Waals surface area contributed by atoms with Gasteiger partial charge in [0.1, 0.15) is 6.10 Å². The third-order valence-electron chi connectivity index (χ3n) is 4.49. The third kappa shape index (κ3) is 4.09. The summed E-state index contributed by atoms with van der Waals surface area (Å²) in [6.07, 6.45) is 6.35. The Bertz CT molecular complexity index is 760. The van der Waals surface area contributed by atoms with Gasteiger partial charge in [0.2, 0.25) is 11.8 Å². The summed E-state index contributed by atoms with van der Waals surface area (Å²) < 4.78 is 5.83. The summed E-state index contributed by atoms with van der Waals surface area (Å²) in [5.74, 6) is 0.949. The van der Waals surface area contributed by atoms with Crippen LogP contribution in [0.3, 0.4) is 0 Å². The van der Waals surface area contributed by atoms with Crippen LogP contribution in [-0.4, -0.2) is 41.1 Å². The predicted molar refractivity (Wildman–Crippen MR) is 101 cm³/mol. The molecule has 1 aliphatic rings. The molecule has 1 fully saturated rings. The fourth-order valence-corrected chi connectivity index (χ4v) is 3.03. The van der Waals surface area contributed by atoms with E-state index in [1.165, 1.54) is 12.8 Å². The summed E-state index contributed by atoms with van der Waals surface area (Å²) in [4.78, 5) is 27.5. The van der Waals surface area contributed by atoms with E-state index in [9.17, 15) is 4.79 Å². The van der Waals surface area contributed by atoms with Crippen molar-refractivity contribution < 1.29 is 9.53 Å². The molecule has 138 valence electrons. The van der Waals surface area contributed by atoms with Crippen LogP contribution in [0.2, 0.25) is 0 Å². The number of nitrogens with zero attached hydrogens (tertiary/aromatic N) is 4. The zero-order chi connectivity index (χ0) is 18.7. The molecule has 1 amide bonds. The molecule has 3 rings (SSSR count). The minimum Gasteiger partial charge on any atom is -0.474 e. The van der Waals surface area contributed by atoms with E-state index < -0.39 is 0 Å². The Kier molecular flexibility index (Phi) is 5.35. The van der Waals surface area contributed by atoms with E-state index in [2.05, 4.69) is 20.3 Å². The van der Waals surface area contributed by atoms with E-state index in [1.54, 1.807) is 18.3 Å². The van der Waals surface area contributed by atoms with Crippen molar-refractivity contribution in [1.82, 2.24) is 15.0 Å². The Morgan fingerprint density at radius 3 is 2.35 bits per heavy atom. The van der Waals surface area contributed by atoms with Crippen LogP contribution in [0.15, 0.2) is 18.3 Å². The molecule has 1 N–H and O–H groups in total. The van der Waals surface area contributed by atoms with Crippen molar-refractivity contribution in [2.45, 2.75) is 45.6 Å². The highest BCUT2D eigenvalue weighted by atomic mass is 16.5. The Hall–Kier alpha value is -2.70. The van der Waals surface area contributed by atoms with Gasteiger partial charge in [0.05, 0.1) is 22.6 Å². The maximum absolute atomic E-state index is 12.5. The van der Waals surface area contributed by atoms with Gasteiger partial charge in [-0.1, -0.05) is 0 Å². The highest BCUT2D eigenvalue weighted by molar-refractivity contribution is 6.04. The van der Waals surface area contributed by atoms with E-state index in [1.807, 2.05) is 32.8 Å². The number of aryl methyl sites for hydroxylation is 2. The maximum Gasteiger partial charge on any atom is 0.257 e. The number of ether oxygens (including phenoxy) is 1. The van der Waals surface area contributed by atoms with Crippen LogP contribution in [-0.2, 0) is 0 Å². The number of carbonyl (C=O) groups excluding carboxylic acids is 1. The van der Waals surface area contributed by atoms with Crippen LogP contribution < -0.4 is 15.0 Å². The molecule has 2 aromatic heterocycles. The Morgan fingerprint density at radius 2 is 1.81 bits per heavy atom. The molecule has 0 unspecified atom stereocenters. The summed E-state index contributed by atoms with van der Waals surface area (Å²) in [5, 5.41) is 2.89. The molecule has 0 radical (unpaired) electrons. The average Bonchev–Trinajstić information content (AvgIpc) is 3.11. The van der Waals surface area contributed by atoms with Crippen LogP contribution in [0.25, 0.3) is 0 Å². The first-order valence-electron chi connectivity index (χ1n) is 8.90. The van der Waals surface area contributed by atoms with Crippen LogP contribution in [0, 0.1) is 13.8 Å². The molecule has 7 heteroatoms. The normalized spacial score (nSPS) is 14.3.